The lowest BCUT2D eigenvalue weighted by Crippen LogP contribution is -2.55. The van der Waals surface area contributed by atoms with E-state index in [9.17, 15) is 9.90 Å². The standard InChI is InChI=1S/C15H19BrN2O2/c1-10-4-3-7-18(9-10)15(20)12-8-11(16)5-6-13(12)17(2)14(15)19/h5-6,8,10,20H,3-4,7,9H2,1-2H3/t10-,15-/m1/s1. The summed E-state index contributed by atoms with van der Waals surface area (Å²) in [5, 5.41) is 11.2. The van der Waals surface area contributed by atoms with Gasteiger partial charge in [-0.05, 0) is 37.0 Å². The highest BCUT2D eigenvalue weighted by Crippen LogP contribution is 2.44. The number of amides is 1. The van der Waals surface area contributed by atoms with E-state index in [1.165, 1.54) is 0 Å². The Hall–Kier alpha value is -0.910. The van der Waals surface area contributed by atoms with Gasteiger partial charge in [-0.2, -0.15) is 0 Å². The Balaban J connectivity index is 2.08. The first-order valence-electron chi connectivity index (χ1n) is 7.00. The van der Waals surface area contributed by atoms with Gasteiger partial charge < -0.3 is 10.0 Å². The molecule has 2 aliphatic rings. The molecule has 1 saturated heterocycles. The number of nitrogens with zero attached hydrogens (tertiary/aromatic N) is 2. The maximum atomic E-state index is 12.6. The molecule has 108 valence electrons. The quantitative estimate of drug-likeness (QED) is 0.854. The van der Waals surface area contributed by atoms with Crippen molar-refractivity contribution in [2.75, 3.05) is 25.0 Å². The number of piperidine rings is 1. The van der Waals surface area contributed by atoms with E-state index >= 15 is 0 Å². The van der Waals surface area contributed by atoms with E-state index in [1.807, 2.05) is 23.1 Å². The summed E-state index contributed by atoms with van der Waals surface area (Å²) in [6.45, 7) is 3.68. The number of fused-ring (bicyclic) bond motifs is 1. The topological polar surface area (TPSA) is 43.8 Å². The van der Waals surface area contributed by atoms with Crippen LogP contribution < -0.4 is 4.90 Å². The number of hydrogen-bond acceptors (Lipinski definition) is 3. The monoisotopic (exact) mass is 338 g/mol. The average Bonchev–Trinajstić information content (AvgIpc) is 2.62. The van der Waals surface area contributed by atoms with Crippen LogP contribution in [0.3, 0.4) is 0 Å². The van der Waals surface area contributed by atoms with Crippen molar-refractivity contribution < 1.29 is 9.90 Å². The molecule has 0 bridgehead atoms. The van der Waals surface area contributed by atoms with E-state index in [4.69, 9.17) is 0 Å². The molecule has 1 aromatic carbocycles. The van der Waals surface area contributed by atoms with Gasteiger partial charge in [-0.3, -0.25) is 9.69 Å². The highest BCUT2D eigenvalue weighted by molar-refractivity contribution is 9.10. The molecule has 1 fully saturated rings. The molecule has 0 spiro atoms. The van der Waals surface area contributed by atoms with E-state index in [0.29, 0.717) is 11.5 Å². The third kappa shape index (κ3) is 1.91. The van der Waals surface area contributed by atoms with Crippen molar-refractivity contribution in [1.82, 2.24) is 4.90 Å². The van der Waals surface area contributed by atoms with Crippen molar-refractivity contribution >= 4 is 27.5 Å². The normalized spacial score (nSPS) is 30.7. The van der Waals surface area contributed by atoms with Crippen molar-refractivity contribution in [3.8, 4) is 0 Å². The number of halogens is 1. The van der Waals surface area contributed by atoms with Gasteiger partial charge in [-0.25, -0.2) is 0 Å². The average molecular weight is 339 g/mol. The van der Waals surface area contributed by atoms with Gasteiger partial charge in [-0.15, -0.1) is 0 Å². The van der Waals surface area contributed by atoms with E-state index in [2.05, 4.69) is 22.9 Å². The Labute approximate surface area is 127 Å². The van der Waals surface area contributed by atoms with E-state index < -0.39 is 5.72 Å². The summed E-state index contributed by atoms with van der Waals surface area (Å²) in [6.07, 6.45) is 2.17. The van der Waals surface area contributed by atoms with Gasteiger partial charge in [0.2, 0.25) is 5.72 Å². The molecule has 0 aromatic heterocycles. The van der Waals surface area contributed by atoms with Crippen LogP contribution in [0.2, 0.25) is 0 Å². The third-order valence-electron chi connectivity index (χ3n) is 4.41. The number of carbonyl (C=O) groups excluding carboxylic acids is 1. The van der Waals surface area contributed by atoms with Crippen molar-refractivity contribution in [1.29, 1.82) is 0 Å². The van der Waals surface area contributed by atoms with Gasteiger partial charge in [0.1, 0.15) is 0 Å². The van der Waals surface area contributed by atoms with Crippen LogP contribution >= 0.6 is 15.9 Å². The Morgan fingerprint density at radius 3 is 2.90 bits per heavy atom. The Bertz CT molecular complexity index is 563. The molecule has 4 nitrogen and oxygen atoms in total. The van der Waals surface area contributed by atoms with Crippen LogP contribution in [0.4, 0.5) is 5.69 Å². The molecule has 2 atom stereocenters. The van der Waals surface area contributed by atoms with Crippen molar-refractivity contribution in [2.45, 2.75) is 25.5 Å². The van der Waals surface area contributed by atoms with Gasteiger partial charge in [0.25, 0.3) is 5.91 Å². The van der Waals surface area contributed by atoms with Crippen LogP contribution in [0.5, 0.6) is 0 Å². The first-order valence-corrected chi connectivity index (χ1v) is 7.79. The molecular weight excluding hydrogens is 320 g/mol. The number of rotatable bonds is 1. The van der Waals surface area contributed by atoms with Crippen LogP contribution in [0.25, 0.3) is 0 Å². The fourth-order valence-electron chi connectivity index (χ4n) is 3.33. The summed E-state index contributed by atoms with van der Waals surface area (Å²) in [4.78, 5) is 16.1. The smallest absolute Gasteiger partial charge is 0.279 e. The molecule has 0 radical (unpaired) electrons. The number of anilines is 1. The first-order chi connectivity index (χ1) is 9.44. The lowest BCUT2D eigenvalue weighted by Gasteiger charge is -2.40. The van der Waals surface area contributed by atoms with Gasteiger partial charge in [-0.1, -0.05) is 22.9 Å². The zero-order chi connectivity index (χ0) is 14.5. The molecule has 1 amide bonds. The second kappa shape index (κ2) is 4.83. The minimum atomic E-state index is -1.51. The predicted molar refractivity (Wildman–Crippen MR) is 81.4 cm³/mol. The molecule has 0 unspecified atom stereocenters. The van der Waals surface area contributed by atoms with E-state index in [1.54, 1.807) is 11.9 Å². The van der Waals surface area contributed by atoms with Crippen LogP contribution in [-0.4, -0.2) is 36.1 Å². The summed E-state index contributed by atoms with van der Waals surface area (Å²) in [5.41, 5.74) is -0.0323. The van der Waals surface area contributed by atoms with Gasteiger partial charge in [0.15, 0.2) is 0 Å². The van der Waals surface area contributed by atoms with Crippen molar-refractivity contribution in [3.63, 3.8) is 0 Å². The molecule has 5 heteroatoms. The SMILES string of the molecule is C[C@@H]1CCCN([C@]2(O)C(=O)N(C)c3ccc(Br)cc32)C1. The molecule has 2 heterocycles. The summed E-state index contributed by atoms with van der Waals surface area (Å²) < 4.78 is 0.878. The third-order valence-corrected chi connectivity index (χ3v) is 4.91. The zero-order valence-corrected chi connectivity index (χ0v) is 13.4. The minimum absolute atomic E-state index is 0.250. The summed E-state index contributed by atoms with van der Waals surface area (Å²) in [7, 11) is 1.72. The van der Waals surface area contributed by atoms with E-state index in [0.717, 1.165) is 36.1 Å². The molecule has 2 aliphatic heterocycles. The zero-order valence-electron chi connectivity index (χ0n) is 11.8. The Morgan fingerprint density at radius 2 is 2.20 bits per heavy atom. The number of likely N-dealkylation sites (tertiary alicyclic amines) is 1. The number of hydrogen-bond donors (Lipinski definition) is 1. The summed E-state index contributed by atoms with van der Waals surface area (Å²) in [6, 6.07) is 5.63. The second-order valence-corrected chi connectivity index (χ2v) is 6.81. The minimum Gasteiger partial charge on any atom is -0.364 e. The maximum absolute atomic E-state index is 12.6. The highest BCUT2D eigenvalue weighted by atomic mass is 79.9. The number of benzene rings is 1. The number of aliphatic hydroxyl groups is 1. The molecule has 1 aromatic rings. The van der Waals surface area contributed by atoms with Crippen molar-refractivity contribution in [3.05, 3.63) is 28.2 Å². The predicted octanol–water partition coefficient (Wildman–Crippen LogP) is 2.30. The molecule has 0 saturated carbocycles. The lowest BCUT2D eigenvalue weighted by atomic mass is 9.94. The molecular formula is C15H19BrN2O2. The number of likely N-dealkylation sites (N-methyl/N-ethyl adjacent to an activating group) is 1. The van der Waals surface area contributed by atoms with Crippen LogP contribution in [0, 0.1) is 5.92 Å². The summed E-state index contributed by atoms with van der Waals surface area (Å²) >= 11 is 3.43. The highest BCUT2D eigenvalue weighted by Gasteiger charge is 2.53. The van der Waals surface area contributed by atoms with Crippen LogP contribution in [-0.2, 0) is 10.5 Å². The van der Waals surface area contributed by atoms with E-state index in [-0.39, 0.29) is 5.91 Å². The van der Waals surface area contributed by atoms with Gasteiger partial charge in [0, 0.05) is 30.2 Å². The maximum Gasteiger partial charge on any atom is 0.279 e. The van der Waals surface area contributed by atoms with Gasteiger partial charge >= 0.3 is 0 Å². The Morgan fingerprint density at radius 1 is 1.45 bits per heavy atom. The fraction of sp³-hybridized carbons (Fsp3) is 0.533. The number of carbonyl (C=O) groups is 1. The molecule has 0 aliphatic carbocycles. The molecule has 1 N–H and O–H groups in total. The van der Waals surface area contributed by atoms with Crippen LogP contribution in [0.15, 0.2) is 22.7 Å². The largest absolute Gasteiger partial charge is 0.364 e. The molecule has 3 rings (SSSR count). The first kappa shape index (κ1) is 14.0. The summed E-state index contributed by atoms with van der Waals surface area (Å²) in [5.74, 6) is 0.252. The second-order valence-electron chi connectivity index (χ2n) is 5.89. The lowest BCUT2D eigenvalue weighted by molar-refractivity contribution is -0.165. The van der Waals surface area contributed by atoms with Crippen LogP contribution in [0.1, 0.15) is 25.3 Å². The van der Waals surface area contributed by atoms with Gasteiger partial charge in [0.05, 0.1) is 5.69 Å². The molecule has 20 heavy (non-hydrogen) atoms. The van der Waals surface area contributed by atoms with Crippen molar-refractivity contribution in [2.24, 2.45) is 5.92 Å². The Kier molecular flexibility index (Phi) is 3.39. The fourth-order valence-corrected chi connectivity index (χ4v) is 3.69.